The van der Waals surface area contributed by atoms with E-state index in [0.29, 0.717) is 11.5 Å². The largest absolute Gasteiger partial charge is 0.497 e. The second kappa shape index (κ2) is 12.3. The molecule has 182 valence electrons. The van der Waals surface area contributed by atoms with E-state index >= 15 is 0 Å². The van der Waals surface area contributed by atoms with Gasteiger partial charge in [-0.1, -0.05) is 29.4 Å². The Morgan fingerprint density at radius 3 is 2.38 bits per heavy atom. The van der Waals surface area contributed by atoms with Gasteiger partial charge in [-0.05, 0) is 47.6 Å². The van der Waals surface area contributed by atoms with Gasteiger partial charge in [0.2, 0.25) is 0 Å². The number of thioether (sulfide) groups is 1. The normalized spacial score (nSPS) is 15.3. The van der Waals surface area contributed by atoms with Crippen molar-refractivity contribution in [3.8, 4) is 22.6 Å². The van der Waals surface area contributed by atoms with Crippen LogP contribution in [0.25, 0.3) is 11.1 Å². The topological polar surface area (TPSA) is 106 Å². The predicted molar refractivity (Wildman–Crippen MR) is 133 cm³/mol. The standard InChI is InChI=1S/C25H30N2O6S/c1-31-19-8-9-20(22(15-19)32-2)17-6-4-16(5-7-17)14-21(25(29)30)26-24(28)23(27-33-3)18-10-12-34-13-11-18/h4-9,15,18,21H,10-14H2,1-3H3,(H,26,28)(H,29,30)/t21-/m0/s1. The molecular formula is C25H30N2O6S. The average molecular weight is 487 g/mol. The molecule has 0 aliphatic carbocycles. The van der Waals surface area contributed by atoms with Crippen LogP contribution in [-0.4, -0.2) is 61.6 Å². The Kier molecular flexibility index (Phi) is 9.21. The fraction of sp³-hybridized carbons (Fsp3) is 0.400. The van der Waals surface area contributed by atoms with E-state index in [2.05, 4.69) is 10.5 Å². The van der Waals surface area contributed by atoms with E-state index in [4.69, 9.17) is 14.3 Å². The number of nitrogens with zero attached hydrogens (tertiary/aromatic N) is 1. The van der Waals surface area contributed by atoms with Gasteiger partial charge in [0, 0.05) is 24.0 Å². The van der Waals surface area contributed by atoms with Gasteiger partial charge in [0.25, 0.3) is 5.91 Å². The van der Waals surface area contributed by atoms with E-state index in [1.807, 2.05) is 54.2 Å². The molecule has 1 aliphatic rings. The van der Waals surface area contributed by atoms with Gasteiger partial charge < -0.3 is 24.7 Å². The summed E-state index contributed by atoms with van der Waals surface area (Å²) in [5.74, 6) is 1.61. The van der Waals surface area contributed by atoms with Gasteiger partial charge >= 0.3 is 5.97 Å². The first-order valence-electron chi connectivity index (χ1n) is 11.0. The van der Waals surface area contributed by atoms with Crippen molar-refractivity contribution < 1.29 is 29.0 Å². The van der Waals surface area contributed by atoms with E-state index in [1.54, 1.807) is 14.2 Å². The molecule has 0 radical (unpaired) electrons. The maximum atomic E-state index is 12.9. The number of rotatable bonds is 10. The molecule has 1 fully saturated rings. The van der Waals surface area contributed by atoms with Crippen LogP contribution < -0.4 is 14.8 Å². The molecule has 1 heterocycles. The molecule has 34 heavy (non-hydrogen) atoms. The lowest BCUT2D eigenvalue weighted by Gasteiger charge is -2.23. The van der Waals surface area contributed by atoms with E-state index in [-0.39, 0.29) is 18.1 Å². The van der Waals surface area contributed by atoms with E-state index in [1.165, 1.54) is 7.11 Å². The third-order valence-electron chi connectivity index (χ3n) is 5.75. The lowest BCUT2D eigenvalue weighted by Crippen LogP contribution is -2.47. The number of amides is 1. The summed E-state index contributed by atoms with van der Waals surface area (Å²) in [4.78, 5) is 29.7. The minimum atomic E-state index is -1.11. The van der Waals surface area contributed by atoms with Crippen molar-refractivity contribution in [1.82, 2.24) is 5.32 Å². The van der Waals surface area contributed by atoms with Gasteiger partial charge in [-0.15, -0.1) is 0 Å². The van der Waals surface area contributed by atoms with Crippen molar-refractivity contribution >= 4 is 29.4 Å². The molecule has 0 saturated carbocycles. The van der Waals surface area contributed by atoms with Crippen LogP contribution in [0.2, 0.25) is 0 Å². The van der Waals surface area contributed by atoms with Gasteiger partial charge in [0.15, 0.2) is 0 Å². The third kappa shape index (κ3) is 6.44. The molecule has 2 N–H and O–H groups in total. The van der Waals surface area contributed by atoms with Crippen LogP contribution in [0.5, 0.6) is 11.5 Å². The Bertz CT molecular complexity index is 1020. The van der Waals surface area contributed by atoms with Crippen LogP contribution >= 0.6 is 11.8 Å². The van der Waals surface area contributed by atoms with E-state index in [9.17, 15) is 14.7 Å². The highest BCUT2D eigenvalue weighted by Crippen LogP contribution is 2.33. The number of hydrogen-bond acceptors (Lipinski definition) is 7. The van der Waals surface area contributed by atoms with Crippen molar-refractivity contribution in [3.63, 3.8) is 0 Å². The first-order chi connectivity index (χ1) is 16.5. The zero-order valence-corrected chi connectivity index (χ0v) is 20.4. The Morgan fingerprint density at radius 2 is 1.79 bits per heavy atom. The van der Waals surface area contributed by atoms with Crippen LogP contribution in [0.15, 0.2) is 47.6 Å². The second-order valence-electron chi connectivity index (χ2n) is 7.88. The molecule has 1 atom stereocenters. The lowest BCUT2D eigenvalue weighted by molar-refractivity contribution is -0.141. The number of aliphatic carboxylic acids is 1. The Labute approximate surface area is 203 Å². The summed E-state index contributed by atoms with van der Waals surface area (Å²) in [6, 6.07) is 12.0. The summed E-state index contributed by atoms with van der Waals surface area (Å²) in [5.41, 5.74) is 2.85. The summed E-state index contributed by atoms with van der Waals surface area (Å²) in [6.07, 6.45) is 1.77. The van der Waals surface area contributed by atoms with Crippen LogP contribution in [0, 0.1) is 5.92 Å². The van der Waals surface area contributed by atoms with Gasteiger partial charge in [-0.25, -0.2) is 4.79 Å². The van der Waals surface area contributed by atoms with Crippen molar-refractivity contribution in [1.29, 1.82) is 0 Å². The van der Waals surface area contributed by atoms with Crippen molar-refractivity contribution in [2.24, 2.45) is 11.1 Å². The first kappa shape index (κ1) is 25.4. The summed E-state index contributed by atoms with van der Waals surface area (Å²) in [7, 11) is 4.58. The minimum absolute atomic E-state index is 0.0330. The highest BCUT2D eigenvalue weighted by atomic mass is 32.2. The lowest BCUT2D eigenvalue weighted by atomic mass is 9.95. The molecule has 3 rings (SSSR count). The molecule has 8 nitrogen and oxygen atoms in total. The van der Waals surface area contributed by atoms with Crippen LogP contribution in [0.1, 0.15) is 18.4 Å². The van der Waals surface area contributed by atoms with Gasteiger partial charge in [-0.3, -0.25) is 4.79 Å². The molecule has 0 unspecified atom stereocenters. The van der Waals surface area contributed by atoms with Gasteiger partial charge in [0.1, 0.15) is 30.4 Å². The predicted octanol–water partition coefficient (Wildman–Crippen LogP) is 3.63. The van der Waals surface area contributed by atoms with E-state index < -0.39 is 17.9 Å². The number of carbonyl (C=O) groups excluding carboxylic acids is 1. The zero-order valence-electron chi connectivity index (χ0n) is 19.6. The van der Waals surface area contributed by atoms with Crippen molar-refractivity contribution in [3.05, 3.63) is 48.0 Å². The number of oxime groups is 1. The first-order valence-corrected chi connectivity index (χ1v) is 12.2. The molecule has 2 aromatic carbocycles. The molecule has 2 aromatic rings. The number of benzene rings is 2. The number of hydrogen-bond donors (Lipinski definition) is 2. The van der Waals surface area contributed by atoms with Crippen molar-refractivity contribution in [2.45, 2.75) is 25.3 Å². The molecule has 0 bridgehead atoms. The third-order valence-corrected chi connectivity index (χ3v) is 6.80. The fourth-order valence-electron chi connectivity index (χ4n) is 3.90. The molecule has 1 amide bonds. The number of carboxylic acid groups (broad SMARTS) is 1. The fourth-order valence-corrected chi connectivity index (χ4v) is 5.00. The highest BCUT2D eigenvalue weighted by Gasteiger charge is 2.29. The zero-order chi connectivity index (χ0) is 24.5. The quantitative estimate of drug-likeness (QED) is 0.390. The minimum Gasteiger partial charge on any atom is -0.497 e. The molecule has 9 heteroatoms. The summed E-state index contributed by atoms with van der Waals surface area (Å²) < 4.78 is 10.7. The highest BCUT2D eigenvalue weighted by molar-refractivity contribution is 7.99. The van der Waals surface area contributed by atoms with Crippen LogP contribution in [0.4, 0.5) is 0 Å². The molecule has 1 saturated heterocycles. The summed E-state index contributed by atoms with van der Waals surface area (Å²) in [6.45, 7) is 0. The van der Waals surface area contributed by atoms with E-state index in [0.717, 1.165) is 41.0 Å². The molecular weight excluding hydrogens is 456 g/mol. The molecule has 0 spiro atoms. The second-order valence-corrected chi connectivity index (χ2v) is 9.10. The Hall–Kier alpha value is -3.20. The van der Waals surface area contributed by atoms with Gasteiger partial charge in [-0.2, -0.15) is 11.8 Å². The summed E-state index contributed by atoms with van der Waals surface area (Å²) >= 11 is 1.83. The van der Waals surface area contributed by atoms with Crippen LogP contribution in [-0.2, 0) is 20.8 Å². The Morgan fingerprint density at radius 1 is 1.09 bits per heavy atom. The van der Waals surface area contributed by atoms with Crippen LogP contribution in [0.3, 0.4) is 0 Å². The maximum Gasteiger partial charge on any atom is 0.326 e. The number of methoxy groups -OCH3 is 2. The number of carboxylic acids is 1. The SMILES string of the molecule is CON=C(C(=O)N[C@@H](Cc1ccc(-c2ccc(OC)cc2OC)cc1)C(=O)O)C1CCSCC1. The Balaban J connectivity index is 1.73. The number of carbonyl (C=O) groups is 2. The molecule has 1 aliphatic heterocycles. The molecule has 0 aromatic heterocycles. The number of ether oxygens (including phenoxy) is 2. The van der Waals surface area contributed by atoms with Crippen molar-refractivity contribution in [2.75, 3.05) is 32.8 Å². The smallest absolute Gasteiger partial charge is 0.326 e. The monoisotopic (exact) mass is 486 g/mol. The maximum absolute atomic E-state index is 12.9. The average Bonchev–Trinajstić information content (AvgIpc) is 2.87. The summed E-state index contributed by atoms with van der Waals surface area (Å²) in [5, 5.41) is 16.3. The van der Waals surface area contributed by atoms with Gasteiger partial charge in [0.05, 0.1) is 14.2 Å². The number of nitrogens with one attached hydrogen (secondary N) is 1.